The SMILES string of the molecule is CCCC/C=C/CCCCCO[C@H]1CO[C@H](CO)[C@@H](O)[C@@H]1O. The number of aliphatic hydroxyl groups is 3. The summed E-state index contributed by atoms with van der Waals surface area (Å²) in [4.78, 5) is 0. The van der Waals surface area contributed by atoms with Gasteiger partial charge in [0, 0.05) is 6.61 Å². The fourth-order valence-electron chi connectivity index (χ4n) is 2.50. The molecule has 1 heterocycles. The number of rotatable bonds is 11. The Hall–Kier alpha value is -0.460. The third-order valence-electron chi connectivity index (χ3n) is 4.00. The molecule has 0 aliphatic carbocycles. The maximum Gasteiger partial charge on any atom is 0.111 e. The first-order valence-corrected chi connectivity index (χ1v) is 8.55. The molecule has 130 valence electrons. The van der Waals surface area contributed by atoms with Gasteiger partial charge in [-0.05, 0) is 25.7 Å². The van der Waals surface area contributed by atoms with E-state index < -0.39 is 24.4 Å². The maximum atomic E-state index is 9.91. The lowest BCUT2D eigenvalue weighted by Gasteiger charge is -2.36. The molecule has 1 rings (SSSR count). The van der Waals surface area contributed by atoms with Gasteiger partial charge in [0.05, 0.1) is 13.2 Å². The van der Waals surface area contributed by atoms with Crippen LogP contribution in [0.3, 0.4) is 0 Å². The molecule has 1 saturated heterocycles. The van der Waals surface area contributed by atoms with Crippen molar-refractivity contribution >= 4 is 0 Å². The van der Waals surface area contributed by atoms with E-state index in [0.717, 1.165) is 25.7 Å². The molecule has 0 bridgehead atoms. The Labute approximate surface area is 133 Å². The molecule has 0 spiro atoms. The first-order valence-electron chi connectivity index (χ1n) is 8.55. The van der Waals surface area contributed by atoms with Gasteiger partial charge >= 0.3 is 0 Å². The van der Waals surface area contributed by atoms with E-state index in [1.54, 1.807) is 0 Å². The summed E-state index contributed by atoms with van der Waals surface area (Å²) in [6.07, 6.45) is 9.16. The summed E-state index contributed by atoms with van der Waals surface area (Å²) < 4.78 is 10.9. The fraction of sp³-hybridized carbons (Fsp3) is 0.882. The van der Waals surface area contributed by atoms with Crippen LogP contribution in [0, 0.1) is 0 Å². The summed E-state index contributed by atoms with van der Waals surface area (Å²) in [5.41, 5.74) is 0. The van der Waals surface area contributed by atoms with Crippen LogP contribution in [-0.4, -0.2) is 59.6 Å². The highest BCUT2D eigenvalue weighted by atomic mass is 16.6. The number of hydrogen-bond donors (Lipinski definition) is 3. The molecule has 0 unspecified atom stereocenters. The molecular formula is C17H32O5. The first kappa shape index (κ1) is 19.6. The van der Waals surface area contributed by atoms with E-state index in [2.05, 4.69) is 19.1 Å². The number of allylic oxidation sites excluding steroid dienone is 2. The Bertz CT molecular complexity index is 295. The lowest BCUT2D eigenvalue weighted by atomic mass is 10.0. The largest absolute Gasteiger partial charge is 0.394 e. The zero-order chi connectivity index (χ0) is 16.2. The molecule has 0 radical (unpaired) electrons. The second-order valence-corrected chi connectivity index (χ2v) is 5.91. The van der Waals surface area contributed by atoms with Gasteiger partial charge in [-0.1, -0.05) is 38.3 Å². The van der Waals surface area contributed by atoms with Gasteiger partial charge in [0.15, 0.2) is 0 Å². The third kappa shape index (κ3) is 7.20. The highest BCUT2D eigenvalue weighted by Gasteiger charge is 2.38. The van der Waals surface area contributed by atoms with Gasteiger partial charge in [-0.15, -0.1) is 0 Å². The van der Waals surface area contributed by atoms with Crippen LogP contribution in [0.25, 0.3) is 0 Å². The number of hydrogen-bond acceptors (Lipinski definition) is 5. The molecule has 0 amide bonds. The van der Waals surface area contributed by atoms with E-state index in [-0.39, 0.29) is 13.2 Å². The molecule has 22 heavy (non-hydrogen) atoms. The van der Waals surface area contributed by atoms with E-state index in [1.165, 1.54) is 19.3 Å². The molecule has 5 nitrogen and oxygen atoms in total. The molecule has 0 saturated carbocycles. The zero-order valence-electron chi connectivity index (χ0n) is 13.7. The summed E-state index contributed by atoms with van der Waals surface area (Å²) in [5.74, 6) is 0. The van der Waals surface area contributed by atoms with Crippen molar-refractivity contribution < 1.29 is 24.8 Å². The van der Waals surface area contributed by atoms with Gasteiger partial charge in [0.1, 0.15) is 24.4 Å². The molecule has 0 aromatic heterocycles. The lowest BCUT2D eigenvalue weighted by Crippen LogP contribution is -2.55. The van der Waals surface area contributed by atoms with E-state index in [0.29, 0.717) is 6.61 Å². The lowest BCUT2D eigenvalue weighted by molar-refractivity contribution is -0.208. The standard InChI is InChI=1S/C17H32O5/c1-2-3-4-5-6-7-8-9-10-11-21-15-13-22-14(12-18)16(19)17(15)20/h5-6,14-20H,2-4,7-13H2,1H3/b6-5+/t14-,15+,16-,17-/m1/s1. The van der Waals surface area contributed by atoms with Crippen LogP contribution in [0.4, 0.5) is 0 Å². The van der Waals surface area contributed by atoms with Crippen LogP contribution in [0.5, 0.6) is 0 Å². The van der Waals surface area contributed by atoms with E-state index in [9.17, 15) is 10.2 Å². The molecule has 5 heteroatoms. The van der Waals surface area contributed by atoms with Crippen molar-refractivity contribution in [3.05, 3.63) is 12.2 Å². The van der Waals surface area contributed by atoms with Crippen molar-refractivity contribution in [3.63, 3.8) is 0 Å². The quantitative estimate of drug-likeness (QED) is 0.400. The Morgan fingerprint density at radius 3 is 2.45 bits per heavy atom. The summed E-state index contributed by atoms with van der Waals surface area (Å²) in [6.45, 7) is 2.67. The van der Waals surface area contributed by atoms with Crippen molar-refractivity contribution in [2.24, 2.45) is 0 Å². The second kappa shape index (κ2) is 12.0. The highest BCUT2D eigenvalue weighted by molar-refractivity contribution is 4.87. The van der Waals surface area contributed by atoms with E-state index >= 15 is 0 Å². The van der Waals surface area contributed by atoms with Gasteiger partial charge in [0.2, 0.25) is 0 Å². The predicted octanol–water partition coefficient (Wildman–Crippen LogP) is 1.79. The van der Waals surface area contributed by atoms with Gasteiger partial charge in [-0.25, -0.2) is 0 Å². The van der Waals surface area contributed by atoms with Crippen molar-refractivity contribution in [1.82, 2.24) is 0 Å². The van der Waals surface area contributed by atoms with Crippen molar-refractivity contribution in [3.8, 4) is 0 Å². The molecule has 4 atom stereocenters. The topological polar surface area (TPSA) is 79.2 Å². The minimum absolute atomic E-state index is 0.212. The van der Waals surface area contributed by atoms with Crippen molar-refractivity contribution in [2.45, 2.75) is 76.3 Å². The zero-order valence-corrected chi connectivity index (χ0v) is 13.7. The Balaban J connectivity index is 2.02. The average molecular weight is 316 g/mol. The van der Waals surface area contributed by atoms with Gasteiger partial charge in [0.25, 0.3) is 0 Å². The number of ether oxygens (including phenoxy) is 2. The second-order valence-electron chi connectivity index (χ2n) is 5.91. The van der Waals surface area contributed by atoms with Crippen molar-refractivity contribution in [1.29, 1.82) is 0 Å². The Morgan fingerprint density at radius 2 is 1.77 bits per heavy atom. The third-order valence-corrected chi connectivity index (χ3v) is 4.00. The van der Waals surface area contributed by atoms with Gasteiger partial charge < -0.3 is 24.8 Å². The molecule has 0 aromatic rings. The van der Waals surface area contributed by atoms with Gasteiger partial charge in [-0.3, -0.25) is 0 Å². The summed E-state index contributed by atoms with van der Waals surface area (Å²) in [7, 11) is 0. The minimum atomic E-state index is -1.09. The van der Waals surface area contributed by atoms with Gasteiger partial charge in [-0.2, -0.15) is 0 Å². The van der Waals surface area contributed by atoms with Crippen LogP contribution in [0.1, 0.15) is 51.9 Å². The monoisotopic (exact) mass is 316 g/mol. The summed E-state index contributed by atoms with van der Waals surface area (Å²) >= 11 is 0. The fourth-order valence-corrected chi connectivity index (χ4v) is 2.50. The molecule has 1 fully saturated rings. The van der Waals surface area contributed by atoms with Crippen molar-refractivity contribution in [2.75, 3.05) is 19.8 Å². The molecule has 1 aliphatic heterocycles. The van der Waals surface area contributed by atoms with Crippen LogP contribution >= 0.6 is 0 Å². The maximum absolute atomic E-state index is 9.91. The first-order chi connectivity index (χ1) is 10.7. The summed E-state index contributed by atoms with van der Waals surface area (Å²) in [6, 6.07) is 0. The Morgan fingerprint density at radius 1 is 1.05 bits per heavy atom. The molecule has 0 aromatic carbocycles. The minimum Gasteiger partial charge on any atom is -0.394 e. The normalized spacial score (nSPS) is 29.3. The van der Waals surface area contributed by atoms with Crippen LogP contribution in [0.2, 0.25) is 0 Å². The van der Waals surface area contributed by atoms with Crippen LogP contribution in [-0.2, 0) is 9.47 Å². The summed E-state index contributed by atoms with van der Waals surface area (Å²) in [5, 5.41) is 28.6. The van der Waals surface area contributed by atoms with E-state index in [1.807, 2.05) is 0 Å². The average Bonchev–Trinajstić information content (AvgIpc) is 2.53. The van der Waals surface area contributed by atoms with E-state index in [4.69, 9.17) is 14.6 Å². The number of unbranched alkanes of at least 4 members (excludes halogenated alkanes) is 5. The number of aliphatic hydroxyl groups excluding tert-OH is 3. The molecular weight excluding hydrogens is 284 g/mol. The van der Waals surface area contributed by atoms with Crippen LogP contribution in [0.15, 0.2) is 12.2 Å². The molecule has 3 N–H and O–H groups in total. The smallest absolute Gasteiger partial charge is 0.111 e. The molecule has 1 aliphatic rings. The highest BCUT2D eigenvalue weighted by Crippen LogP contribution is 2.18. The van der Waals surface area contributed by atoms with Crippen LogP contribution < -0.4 is 0 Å². The Kier molecular flexibility index (Phi) is 10.7. The predicted molar refractivity (Wildman–Crippen MR) is 85.7 cm³/mol.